The van der Waals surface area contributed by atoms with E-state index in [1.165, 1.54) is 11.6 Å². The number of aryl methyl sites for hydroxylation is 1. The van der Waals surface area contributed by atoms with E-state index in [-0.39, 0.29) is 11.5 Å². The highest BCUT2D eigenvalue weighted by Gasteiger charge is 2.12. The van der Waals surface area contributed by atoms with Gasteiger partial charge in [-0.25, -0.2) is 0 Å². The Morgan fingerprint density at radius 1 is 0.824 bits per heavy atom. The molecule has 2 rings (SSSR count). The standard InChI is InChI=1S/C14H14O3/c1-2-9-3-5-10(6-4-9)11-7-8-12(15)14(17)13(11)16/h3-8,15-17H,2H2,1H3. The van der Waals surface area contributed by atoms with Crippen LogP contribution in [0.4, 0.5) is 0 Å². The van der Waals surface area contributed by atoms with Gasteiger partial charge in [-0.15, -0.1) is 0 Å². The molecule has 88 valence electrons. The molecule has 0 radical (unpaired) electrons. The van der Waals surface area contributed by atoms with E-state index in [9.17, 15) is 15.3 Å². The summed E-state index contributed by atoms with van der Waals surface area (Å²) in [7, 11) is 0. The van der Waals surface area contributed by atoms with Gasteiger partial charge < -0.3 is 15.3 Å². The molecular formula is C14H14O3. The molecule has 0 aliphatic heterocycles. The van der Waals surface area contributed by atoms with Crippen LogP contribution in [0.25, 0.3) is 11.1 Å². The molecule has 0 fully saturated rings. The van der Waals surface area contributed by atoms with E-state index in [0.717, 1.165) is 12.0 Å². The maximum Gasteiger partial charge on any atom is 0.200 e. The van der Waals surface area contributed by atoms with Crippen LogP contribution < -0.4 is 0 Å². The van der Waals surface area contributed by atoms with E-state index in [1.807, 2.05) is 24.3 Å². The minimum absolute atomic E-state index is 0.297. The number of phenolic OH excluding ortho intramolecular Hbond substituents is 3. The van der Waals surface area contributed by atoms with Crippen LogP contribution in [-0.2, 0) is 6.42 Å². The molecule has 0 spiro atoms. The van der Waals surface area contributed by atoms with Crippen molar-refractivity contribution in [2.24, 2.45) is 0 Å². The van der Waals surface area contributed by atoms with E-state index in [4.69, 9.17) is 0 Å². The lowest BCUT2D eigenvalue weighted by molar-refractivity contribution is 0.369. The van der Waals surface area contributed by atoms with Gasteiger partial charge in [-0.2, -0.15) is 0 Å². The third-order valence-corrected chi connectivity index (χ3v) is 2.80. The molecule has 17 heavy (non-hydrogen) atoms. The number of aromatic hydroxyl groups is 3. The first-order chi connectivity index (χ1) is 8.13. The SMILES string of the molecule is CCc1ccc(-c2ccc(O)c(O)c2O)cc1. The molecule has 3 heteroatoms. The molecule has 2 aromatic carbocycles. The highest BCUT2D eigenvalue weighted by molar-refractivity contribution is 5.75. The predicted octanol–water partition coefficient (Wildman–Crippen LogP) is 3.03. The van der Waals surface area contributed by atoms with Crippen molar-refractivity contribution in [1.82, 2.24) is 0 Å². The molecular weight excluding hydrogens is 216 g/mol. The molecule has 0 aromatic heterocycles. The van der Waals surface area contributed by atoms with Crippen molar-refractivity contribution >= 4 is 0 Å². The van der Waals surface area contributed by atoms with Gasteiger partial charge in [-0.3, -0.25) is 0 Å². The molecule has 3 N–H and O–H groups in total. The normalized spacial score (nSPS) is 10.4. The van der Waals surface area contributed by atoms with Crippen LogP contribution >= 0.6 is 0 Å². The highest BCUT2D eigenvalue weighted by Crippen LogP contribution is 2.41. The Morgan fingerprint density at radius 3 is 2.06 bits per heavy atom. The number of phenols is 3. The first-order valence-electron chi connectivity index (χ1n) is 5.46. The van der Waals surface area contributed by atoms with Crippen LogP contribution in [0.3, 0.4) is 0 Å². The fourth-order valence-electron chi connectivity index (χ4n) is 1.72. The van der Waals surface area contributed by atoms with Gasteiger partial charge in [0.15, 0.2) is 11.5 Å². The fraction of sp³-hybridized carbons (Fsp3) is 0.143. The van der Waals surface area contributed by atoms with Crippen LogP contribution in [0, 0.1) is 0 Å². The molecule has 0 aliphatic rings. The Hall–Kier alpha value is -2.16. The molecule has 3 nitrogen and oxygen atoms in total. The Balaban J connectivity index is 2.49. The van der Waals surface area contributed by atoms with E-state index in [0.29, 0.717) is 5.56 Å². The molecule has 0 amide bonds. The summed E-state index contributed by atoms with van der Waals surface area (Å²) in [5, 5.41) is 28.4. The van der Waals surface area contributed by atoms with Crippen LogP contribution in [0.5, 0.6) is 17.2 Å². The Labute approximate surface area is 99.6 Å². The van der Waals surface area contributed by atoms with Gasteiger partial charge in [-0.05, 0) is 29.7 Å². The zero-order valence-corrected chi connectivity index (χ0v) is 9.51. The van der Waals surface area contributed by atoms with Gasteiger partial charge >= 0.3 is 0 Å². The van der Waals surface area contributed by atoms with Gasteiger partial charge in [0, 0.05) is 5.56 Å². The monoisotopic (exact) mass is 230 g/mol. The summed E-state index contributed by atoms with van der Waals surface area (Å²) in [5.41, 5.74) is 2.51. The summed E-state index contributed by atoms with van der Waals surface area (Å²) in [6.45, 7) is 2.07. The Kier molecular flexibility index (Phi) is 2.91. The van der Waals surface area contributed by atoms with Gasteiger partial charge in [0.2, 0.25) is 5.75 Å². The Morgan fingerprint density at radius 2 is 1.47 bits per heavy atom. The average Bonchev–Trinajstić information content (AvgIpc) is 2.36. The van der Waals surface area contributed by atoms with Crippen molar-refractivity contribution in [3.63, 3.8) is 0 Å². The molecule has 0 saturated heterocycles. The third-order valence-electron chi connectivity index (χ3n) is 2.80. The molecule has 2 aromatic rings. The van der Waals surface area contributed by atoms with Crippen molar-refractivity contribution in [2.75, 3.05) is 0 Å². The van der Waals surface area contributed by atoms with E-state index in [1.54, 1.807) is 6.07 Å². The zero-order valence-electron chi connectivity index (χ0n) is 9.51. The van der Waals surface area contributed by atoms with Gasteiger partial charge in [-0.1, -0.05) is 31.2 Å². The summed E-state index contributed by atoms with van der Waals surface area (Å²) in [4.78, 5) is 0. The van der Waals surface area contributed by atoms with Crippen LogP contribution in [0.2, 0.25) is 0 Å². The quantitative estimate of drug-likeness (QED) is 0.695. The summed E-state index contributed by atoms with van der Waals surface area (Å²) >= 11 is 0. The minimum atomic E-state index is -0.484. The smallest absolute Gasteiger partial charge is 0.200 e. The van der Waals surface area contributed by atoms with Crippen LogP contribution in [-0.4, -0.2) is 15.3 Å². The van der Waals surface area contributed by atoms with Gasteiger partial charge in [0.25, 0.3) is 0 Å². The number of hydrogen-bond acceptors (Lipinski definition) is 3. The fourth-order valence-corrected chi connectivity index (χ4v) is 1.72. The maximum atomic E-state index is 9.75. The average molecular weight is 230 g/mol. The van der Waals surface area contributed by atoms with Crippen molar-refractivity contribution < 1.29 is 15.3 Å². The minimum Gasteiger partial charge on any atom is -0.504 e. The molecule has 0 unspecified atom stereocenters. The lowest BCUT2D eigenvalue weighted by Gasteiger charge is -2.08. The number of rotatable bonds is 2. The topological polar surface area (TPSA) is 60.7 Å². The van der Waals surface area contributed by atoms with E-state index < -0.39 is 5.75 Å². The zero-order chi connectivity index (χ0) is 12.4. The third kappa shape index (κ3) is 2.04. The molecule has 0 aliphatic carbocycles. The summed E-state index contributed by atoms with van der Waals surface area (Å²) < 4.78 is 0. The summed E-state index contributed by atoms with van der Waals surface area (Å²) in [6.07, 6.45) is 0.951. The number of hydrogen-bond donors (Lipinski definition) is 3. The first-order valence-corrected chi connectivity index (χ1v) is 5.46. The second kappa shape index (κ2) is 4.37. The summed E-state index contributed by atoms with van der Waals surface area (Å²) in [6, 6.07) is 10.6. The second-order valence-corrected chi connectivity index (χ2v) is 3.88. The van der Waals surface area contributed by atoms with Crippen molar-refractivity contribution in [3.8, 4) is 28.4 Å². The lowest BCUT2D eigenvalue weighted by Crippen LogP contribution is -1.83. The lowest BCUT2D eigenvalue weighted by atomic mass is 10.0. The van der Waals surface area contributed by atoms with E-state index in [2.05, 4.69) is 6.92 Å². The van der Waals surface area contributed by atoms with Gasteiger partial charge in [0.1, 0.15) is 0 Å². The molecule has 0 saturated carbocycles. The second-order valence-electron chi connectivity index (χ2n) is 3.88. The predicted molar refractivity (Wildman–Crippen MR) is 66.3 cm³/mol. The number of benzene rings is 2. The van der Waals surface area contributed by atoms with Crippen molar-refractivity contribution in [3.05, 3.63) is 42.0 Å². The molecule has 0 atom stereocenters. The highest BCUT2D eigenvalue weighted by atomic mass is 16.3. The first kappa shape index (κ1) is 11.3. The maximum absolute atomic E-state index is 9.75. The van der Waals surface area contributed by atoms with E-state index >= 15 is 0 Å². The van der Waals surface area contributed by atoms with Crippen molar-refractivity contribution in [1.29, 1.82) is 0 Å². The molecule has 0 heterocycles. The molecule has 0 bridgehead atoms. The van der Waals surface area contributed by atoms with Gasteiger partial charge in [0.05, 0.1) is 0 Å². The van der Waals surface area contributed by atoms with Crippen molar-refractivity contribution in [2.45, 2.75) is 13.3 Å². The van der Waals surface area contributed by atoms with Crippen LogP contribution in [0.1, 0.15) is 12.5 Å². The largest absolute Gasteiger partial charge is 0.504 e. The Bertz CT molecular complexity index is 530. The van der Waals surface area contributed by atoms with Crippen LogP contribution in [0.15, 0.2) is 36.4 Å². The summed E-state index contributed by atoms with van der Waals surface area (Å²) in [5.74, 6) is -1.10.